The van der Waals surface area contributed by atoms with Crippen LogP contribution in [0, 0.1) is 6.92 Å². The zero-order chi connectivity index (χ0) is 21.9. The molecule has 1 aliphatic heterocycles. The fourth-order valence-electron chi connectivity index (χ4n) is 4.00. The molecule has 1 aliphatic rings. The van der Waals surface area contributed by atoms with Crippen LogP contribution in [0.1, 0.15) is 5.69 Å². The topological polar surface area (TPSA) is 95.9 Å². The number of aryl methyl sites for hydroxylation is 2. The Morgan fingerprint density at radius 3 is 2.62 bits per heavy atom. The van der Waals surface area contributed by atoms with Gasteiger partial charge in [0.15, 0.2) is 11.6 Å². The van der Waals surface area contributed by atoms with Crippen molar-refractivity contribution >= 4 is 28.4 Å². The van der Waals surface area contributed by atoms with Crippen LogP contribution in [0.25, 0.3) is 22.4 Å². The monoisotopic (exact) mass is 432 g/mol. The van der Waals surface area contributed by atoms with Gasteiger partial charge in [-0.25, -0.2) is 9.97 Å². The molecule has 0 radical (unpaired) electrons. The highest BCUT2D eigenvalue weighted by Crippen LogP contribution is 2.27. The molecule has 1 fully saturated rings. The number of para-hydroxylation sites is 1. The minimum absolute atomic E-state index is 0.662. The maximum atomic E-state index is 5.44. The van der Waals surface area contributed by atoms with Crippen LogP contribution in [0.3, 0.4) is 0 Å². The van der Waals surface area contributed by atoms with Crippen molar-refractivity contribution in [1.82, 2.24) is 29.6 Å². The number of ether oxygens (including phenoxy) is 1. The Bertz CT molecular complexity index is 1210. The summed E-state index contributed by atoms with van der Waals surface area (Å²) in [6, 6.07) is 14.3. The van der Waals surface area contributed by atoms with Crippen LogP contribution >= 0.6 is 0 Å². The first-order valence-corrected chi connectivity index (χ1v) is 10.9. The molecule has 4 heterocycles. The van der Waals surface area contributed by atoms with Crippen LogP contribution in [0.5, 0.6) is 0 Å². The summed E-state index contributed by atoms with van der Waals surface area (Å²) in [6.07, 6.45) is 0. The fraction of sp³-hybridized carbons (Fsp3) is 0.348. The molecule has 0 amide bonds. The lowest BCUT2D eigenvalue weighted by atomic mass is 10.2. The first kappa shape index (κ1) is 20.5. The number of aromatic nitrogens is 5. The van der Waals surface area contributed by atoms with Crippen molar-refractivity contribution in [1.29, 1.82) is 0 Å². The predicted octanol–water partition coefficient (Wildman–Crippen LogP) is 3.15. The van der Waals surface area contributed by atoms with Gasteiger partial charge in [0, 0.05) is 62.0 Å². The minimum Gasteiger partial charge on any atom is -0.379 e. The Hall–Kier alpha value is -3.43. The third-order valence-corrected chi connectivity index (χ3v) is 5.71. The molecule has 1 aromatic carbocycles. The molecule has 9 nitrogen and oxygen atoms in total. The summed E-state index contributed by atoms with van der Waals surface area (Å²) >= 11 is 0. The molecular formula is C23H28N8O. The Balaban J connectivity index is 1.43. The third-order valence-electron chi connectivity index (χ3n) is 5.71. The van der Waals surface area contributed by atoms with E-state index < -0.39 is 0 Å². The number of anilines is 3. The van der Waals surface area contributed by atoms with Gasteiger partial charge in [-0.3, -0.25) is 10.00 Å². The second-order valence-corrected chi connectivity index (χ2v) is 8.05. The smallest absolute Gasteiger partial charge is 0.180 e. The number of nitrogens with one attached hydrogen (secondary N) is 3. The zero-order valence-corrected chi connectivity index (χ0v) is 18.4. The molecule has 0 atom stereocenters. The van der Waals surface area contributed by atoms with Gasteiger partial charge < -0.3 is 19.9 Å². The number of fused-ring (bicyclic) bond motifs is 1. The fourth-order valence-corrected chi connectivity index (χ4v) is 4.00. The van der Waals surface area contributed by atoms with E-state index in [4.69, 9.17) is 14.7 Å². The molecule has 0 bridgehead atoms. The third kappa shape index (κ3) is 4.44. The van der Waals surface area contributed by atoms with Crippen molar-refractivity contribution in [2.45, 2.75) is 6.92 Å². The average Bonchev–Trinajstić information content (AvgIpc) is 3.37. The SMILES string of the molecule is Cc1cc(Nc2cc(NCCN3CCOCC3)nc(-c3cc4ccccc4n3C)n2)n[nH]1. The van der Waals surface area contributed by atoms with Crippen LogP contribution in [0.2, 0.25) is 0 Å². The number of hydrogen-bond acceptors (Lipinski definition) is 7. The zero-order valence-electron chi connectivity index (χ0n) is 18.4. The van der Waals surface area contributed by atoms with Gasteiger partial charge in [-0.2, -0.15) is 5.10 Å². The molecule has 0 spiro atoms. The largest absolute Gasteiger partial charge is 0.379 e. The molecule has 166 valence electrons. The maximum absolute atomic E-state index is 5.44. The number of benzene rings is 1. The van der Waals surface area contributed by atoms with Gasteiger partial charge in [0.25, 0.3) is 0 Å². The molecule has 1 saturated heterocycles. The molecule has 4 aromatic rings. The molecule has 0 aliphatic carbocycles. The van der Waals surface area contributed by atoms with Crippen molar-refractivity contribution in [2.24, 2.45) is 7.05 Å². The number of nitrogens with zero attached hydrogens (tertiary/aromatic N) is 5. The van der Waals surface area contributed by atoms with E-state index in [0.29, 0.717) is 11.6 Å². The lowest BCUT2D eigenvalue weighted by Gasteiger charge is -2.26. The highest BCUT2D eigenvalue weighted by molar-refractivity contribution is 5.86. The number of H-pyrrole nitrogens is 1. The minimum atomic E-state index is 0.662. The van der Waals surface area contributed by atoms with Crippen LogP contribution in [-0.4, -0.2) is 69.0 Å². The van der Waals surface area contributed by atoms with Gasteiger partial charge in [0.1, 0.15) is 11.6 Å². The second kappa shape index (κ2) is 8.97. The van der Waals surface area contributed by atoms with Crippen molar-refractivity contribution in [3.05, 3.63) is 48.2 Å². The lowest BCUT2D eigenvalue weighted by Crippen LogP contribution is -2.39. The normalized spacial score (nSPS) is 14.7. The van der Waals surface area contributed by atoms with Crippen molar-refractivity contribution in [3.8, 4) is 11.5 Å². The van der Waals surface area contributed by atoms with Gasteiger partial charge in [-0.1, -0.05) is 18.2 Å². The van der Waals surface area contributed by atoms with E-state index >= 15 is 0 Å². The average molecular weight is 433 g/mol. The molecule has 3 aromatic heterocycles. The quantitative estimate of drug-likeness (QED) is 0.413. The Labute approximate surface area is 186 Å². The van der Waals surface area contributed by atoms with E-state index in [1.165, 1.54) is 0 Å². The van der Waals surface area contributed by atoms with E-state index in [9.17, 15) is 0 Å². The molecule has 0 unspecified atom stereocenters. The van der Waals surface area contributed by atoms with Crippen molar-refractivity contribution in [2.75, 3.05) is 50.0 Å². The number of aromatic amines is 1. The van der Waals surface area contributed by atoms with E-state index in [2.05, 4.69) is 48.5 Å². The summed E-state index contributed by atoms with van der Waals surface area (Å²) in [5.41, 5.74) is 3.10. The summed E-state index contributed by atoms with van der Waals surface area (Å²) < 4.78 is 7.57. The Morgan fingerprint density at radius 1 is 1.03 bits per heavy atom. The molecule has 3 N–H and O–H groups in total. The first-order valence-electron chi connectivity index (χ1n) is 10.9. The molecular weight excluding hydrogens is 404 g/mol. The first-order chi connectivity index (χ1) is 15.7. The summed E-state index contributed by atoms with van der Waals surface area (Å²) in [7, 11) is 2.05. The van der Waals surface area contributed by atoms with E-state index in [1.807, 2.05) is 38.2 Å². The highest BCUT2D eigenvalue weighted by Gasteiger charge is 2.14. The van der Waals surface area contributed by atoms with Crippen LogP contribution < -0.4 is 10.6 Å². The number of rotatable bonds is 7. The summed E-state index contributed by atoms with van der Waals surface area (Å²) in [6.45, 7) is 7.25. The lowest BCUT2D eigenvalue weighted by molar-refractivity contribution is 0.0398. The molecule has 0 saturated carbocycles. The van der Waals surface area contributed by atoms with Crippen LogP contribution in [0.15, 0.2) is 42.5 Å². The number of hydrogen-bond donors (Lipinski definition) is 3. The van der Waals surface area contributed by atoms with Gasteiger partial charge >= 0.3 is 0 Å². The van der Waals surface area contributed by atoms with Gasteiger partial charge in [-0.05, 0) is 19.1 Å². The number of morpholine rings is 1. The summed E-state index contributed by atoms with van der Waals surface area (Å²) in [5, 5.41) is 15.2. The van der Waals surface area contributed by atoms with Gasteiger partial charge in [-0.15, -0.1) is 0 Å². The van der Waals surface area contributed by atoms with Crippen LogP contribution in [-0.2, 0) is 11.8 Å². The van der Waals surface area contributed by atoms with E-state index in [1.54, 1.807) is 0 Å². The van der Waals surface area contributed by atoms with Crippen LogP contribution in [0.4, 0.5) is 17.5 Å². The molecule has 5 rings (SSSR count). The maximum Gasteiger partial charge on any atom is 0.180 e. The van der Waals surface area contributed by atoms with Crippen molar-refractivity contribution in [3.63, 3.8) is 0 Å². The highest BCUT2D eigenvalue weighted by atomic mass is 16.5. The second-order valence-electron chi connectivity index (χ2n) is 8.05. The van der Waals surface area contributed by atoms with E-state index in [-0.39, 0.29) is 0 Å². The Kier molecular flexibility index (Phi) is 5.74. The van der Waals surface area contributed by atoms with Gasteiger partial charge in [0.2, 0.25) is 0 Å². The standard InChI is InChI=1S/C23H28N8O/c1-16-13-22(29-28-16)25-21-15-20(24-7-8-31-9-11-32-12-10-31)26-23(27-21)19-14-17-5-3-4-6-18(17)30(19)2/h3-6,13-15H,7-12H2,1-2H3,(H3,24,25,26,27,28,29). The molecule has 32 heavy (non-hydrogen) atoms. The molecule has 9 heteroatoms. The van der Waals surface area contributed by atoms with Crippen molar-refractivity contribution < 1.29 is 4.74 Å². The van der Waals surface area contributed by atoms with E-state index in [0.717, 1.165) is 73.3 Å². The van der Waals surface area contributed by atoms with Gasteiger partial charge in [0.05, 0.1) is 18.9 Å². The Morgan fingerprint density at radius 2 is 1.84 bits per heavy atom. The summed E-state index contributed by atoms with van der Waals surface area (Å²) in [4.78, 5) is 12.0. The predicted molar refractivity (Wildman–Crippen MR) is 126 cm³/mol. The summed E-state index contributed by atoms with van der Waals surface area (Å²) in [5.74, 6) is 2.86.